The highest BCUT2D eigenvalue weighted by Crippen LogP contribution is 2.24. The summed E-state index contributed by atoms with van der Waals surface area (Å²) in [5.74, 6) is -1.88. The first-order chi connectivity index (χ1) is 13.4. The molecule has 144 valence electrons. The van der Waals surface area contributed by atoms with Crippen LogP contribution in [0.2, 0.25) is 0 Å². The highest BCUT2D eigenvalue weighted by Gasteiger charge is 2.41. The van der Waals surface area contributed by atoms with Crippen molar-refractivity contribution in [3.05, 3.63) is 59.7 Å². The molecule has 1 N–H and O–H groups in total. The lowest BCUT2D eigenvalue weighted by Crippen LogP contribution is -2.44. The van der Waals surface area contributed by atoms with Gasteiger partial charge in [-0.05, 0) is 43.3 Å². The monoisotopic (exact) mass is 382 g/mol. The Bertz CT molecular complexity index is 903. The summed E-state index contributed by atoms with van der Waals surface area (Å²) in [6.07, 6.45) is 0. The molecule has 3 rings (SSSR count). The number of anilines is 1. The molecule has 0 aromatic heterocycles. The smallest absolute Gasteiger partial charge is 0.329 e. The second kappa shape index (κ2) is 7.91. The number of nitrogens with one attached hydrogen (secondary N) is 1. The minimum Gasteiger partial charge on any atom is -0.497 e. The molecule has 2 aromatic rings. The van der Waals surface area contributed by atoms with Gasteiger partial charge < -0.3 is 14.8 Å². The van der Waals surface area contributed by atoms with E-state index in [4.69, 9.17) is 9.47 Å². The maximum absolute atomic E-state index is 12.4. The van der Waals surface area contributed by atoms with Crippen molar-refractivity contribution < 1.29 is 28.7 Å². The van der Waals surface area contributed by atoms with Gasteiger partial charge >= 0.3 is 5.97 Å². The minimum atomic E-state index is -1.15. The number of amides is 3. The second-order valence-corrected chi connectivity index (χ2v) is 6.09. The number of imide groups is 1. The van der Waals surface area contributed by atoms with Gasteiger partial charge in [0.15, 0.2) is 6.61 Å². The quantitative estimate of drug-likeness (QED) is 0.604. The highest BCUT2D eigenvalue weighted by molar-refractivity contribution is 6.22. The predicted octanol–water partition coefficient (Wildman–Crippen LogP) is 1.86. The fourth-order valence-electron chi connectivity index (χ4n) is 2.79. The zero-order valence-electron chi connectivity index (χ0n) is 15.3. The van der Waals surface area contributed by atoms with Crippen LogP contribution in [0.15, 0.2) is 48.5 Å². The average Bonchev–Trinajstić information content (AvgIpc) is 2.97. The van der Waals surface area contributed by atoms with E-state index in [0.717, 1.165) is 4.90 Å². The van der Waals surface area contributed by atoms with Crippen LogP contribution in [0.25, 0.3) is 0 Å². The molecule has 0 saturated heterocycles. The van der Waals surface area contributed by atoms with Crippen molar-refractivity contribution in [1.29, 1.82) is 0 Å². The maximum Gasteiger partial charge on any atom is 0.329 e. The summed E-state index contributed by atoms with van der Waals surface area (Å²) in [6, 6.07) is 11.8. The van der Waals surface area contributed by atoms with Crippen molar-refractivity contribution >= 4 is 29.4 Å². The molecule has 0 fully saturated rings. The third kappa shape index (κ3) is 3.71. The van der Waals surface area contributed by atoms with Crippen LogP contribution in [0.5, 0.6) is 5.75 Å². The Morgan fingerprint density at radius 2 is 1.57 bits per heavy atom. The number of methoxy groups -OCH3 is 1. The third-order valence-corrected chi connectivity index (χ3v) is 4.27. The van der Waals surface area contributed by atoms with Crippen molar-refractivity contribution in [1.82, 2.24) is 4.90 Å². The van der Waals surface area contributed by atoms with Gasteiger partial charge in [0.05, 0.1) is 18.2 Å². The number of ether oxygens (including phenoxy) is 2. The molecule has 1 atom stereocenters. The molecular formula is C20H18N2O6. The summed E-state index contributed by atoms with van der Waals surface area (Å²) in [4.78, 5) is 49.8. The summed E-state index contributed by atoms with van der Waals surface area (Å²) >= 11 is 0. The van der Waals surface area contributed by atoms with Crippen LogP contribution in [0.3, 0.4) is 0 Å². The Balaban J connectivity index is 1.56. The molecular weight excluding hydrogens is 364 g/mol. The molecule has 0 unspecified atom stereocenters. The first kappa shape index (κ1) is 19.1. The summed E-state index contributed by atoms with van der Waals surface area (Å²) in [7, 11) is 1.53. The van der Waals surface area contributed by atoms with E-state index in [1.54, 1.807) is 36.4 Å². The van der Waals surface area contributed by atoms with Gasteiger partial charge in [-0.3, -0.25) is 19.3 Å². The van der Waals surface area contributed by atoms with Gasteiger partial charge in [0, 0.05) is 5.69 Å². The van der Waals surface area contributed by atoms with E-state index in [1.165, 1.54) is 26.2 Å². The van der Waals surface area contributed by atoms with Crippen LogP contribution in [-0.4, -0.2) is 48.3 Å². The number of hydrogen-bond acceptors (Lipinski definition) is 6. The van der Waals surface area contributed by atoms with Crippen LogP contribution >= 0.6 is 0 Å². The van der Waals surface area contributed by atoms with E-state index in [9.17, 15) is 19.2 Å². The first-order valence-corrected chi connectivity index (χ1v) is 8.50. The fraction of sp³-hybridized carbons (Fsp3) is 0.200. The van der Waals surface area contributed by atoms with Gasteiger partial charge in [-0.25, -0.2) is 4.79 Å². The van der Waals surface area contributed by atoms with Crippen molar-refractivity contribution in [2.24, 2.45) is 0 Å². The van der Waals surface area contributed by atoms with Crippen LogP contribution in [-0.2, 0) is 14.3 Å². The van der Waals surface area contributed by atoms with E-state index in [2.05, 4.69) is 5.32 Å². The molecule has 8 heteroatoms. The van der Waals surface area contributed by atoms with Gasteiger partial charge in [0.25, 0.3) is 17.7 Å². The van der Waals surface area contributed by atoms with Crippen molar-refractivity contribution in [3.8, 4) is 5.75 Å². The van der Waals surface area contributed by atoms with Gasteiger partial charge in [-0.1, -0.05) is 12.1 Å². The molecule has 0 radical (unpaired) electrons. The van der Waals surface area contributed by atoms with Crippen molar-refractivity contribution in [2.45, 2.75) is 13.0 Å². The number of carbonyl (C=O) groups is 4. The van der Waals surface area contributed by atoms with Crippen molar-refractivity contribution in [3.63, 3.8) is 0 Å². The first-order valence-electron chi connectivity index (χ1n) is 8.50. The normalized spacial score (nSPS) is 13.7. The summed E-state index contributed by atoms with van der Waals surface area (Å²) < 4.78 is 10.00. The third-order valence-electron chi connectivity index (χ3n) is 4.27. The maximum atomic E-state index is 12.4. The highest BCUT2D eigenvalue weighted by atomic mass is 16.5. The Morgan fingerprint density at radius 1 is 1.00 bits per heavy atom. The topological polar surface area (TPSA) is 102 Å². The minimum absolute atomic E-state index is 0.240. The summed E-state index contributed by atoms with van der Waals surface area (Å²) in [6.45, 7) is 0.837. The van der Waals surface area contributed by atoms with Gasteiger partial charge in [-0.15, -0.1) is 0 Å². The molecule has 0 aliphatic carbocycles. The molecule has 0 bridgehead atoms. The summed E-state index contributed by atoms with van der Waals surface area (Å²) in [5.41, 5.74) is 0.990. The number of nitrogens with zero attached hydrogens (tertiary/aromatic N) is 1. The van der Waals surface area contributed by atoms with E-state index < -0.39 is 36.3 Å². The predicted molar refractivity (Wildman–Crippen MR) is 99.0 cm³/mol. The van der Waals surface area contributed by atoms with Crippen LogP contribution in [0.4, 0.5) is 5.69 Å². The lowest BCUT2D eigenvalue weighted by molar-refractivity contribution is -0.150. The molecule has 8 nitrogen and oxygen atoms in total. The van der Waals surface area contributed by atoms with Crippen LogP contribution in [0, 0.1) is 0 Å². The SMILES string of the molecule is COc1ccc(NC(=O)COC(=O)[C@H](C)N2C(=O)c3ccccc3C2=O)cc1. The number of carbonyl (C=O) groups excluding carboxylic acids is 4. The van der Waals surface area contributed by atoms with Gasteiger partial charge in [0.2, 0.25) is 0 Å². The summed E-state index contributed by atoms with van der Waals surface area (Å²) in [5, 5.41) is 2.57. The standard InChI is InChI=1S/C20H18N2O6/c1-12(22-18(24)15-5-3-4-6-16(15)19(22)25)20(26)28-11-17(23)21-13-7-9-14(27-2)10-8-13/h3-10,12H,11H2,1-2H3,(H,21,23)/t12-/m0/s1. The van der Waals surface area contributed by atoms with Crippen LogP contribution < -0.4 is 10.1 Å². The van der Waals surface area contributed by atoms with E-state index >= 15 is 0 Å². The number of hydrogen-bond donors (Lipinski definition) is 1. The number of esters is 1. The van der Waals surface area contributed by atoms with E-state index in [-0.39, 0.29) is 11.1 Å². The fourth-order valence-corrected chi connectivity index (χ4v) is 2.79. The number of benzene rings is 2. The molecule has 0 spiro atoms. The lowest BCUT2D eigenvalue weighted by atomic mass is 10.1. The molecule has 28 heavy (non-hydrogen) atoms. The number of fused-ring (bicyclic) bond motifs is 1. The van der Waals surface area contributed by atoms with Crippen molar-refractivity contribution in [2.75, 3.05) is 19.0 Å². The molecule has 1 aliphatic rings. The Kier molecular flexibility index (Phi) is 5.39. The Labute approximate surface area is 161 Å². The lowest BCUT2D eigenvalue weighted by Gasteiger charge is -2.20. The molecule has 1 aliphatic heterocycles. The van der Waals surface area contributed by atoms with Crippen LogP contribution in [0.1, 0.15) is 27.6 Å². The van der Waals surface area contributed by atoms with Gasteiger partial charge in [-0.2, -0.15) is 0 Å². The average molecular weight is 382 g/mol. The molecule has 2 aromatic carbocycles. The Morgan fingerprint density at radius 3 is 2.11 bits per heavy atom. The van der Waals surface area contributed by atoms with E-state index in [0.29, 0.717) is 11.4 Å². The Hall–Kier alpha value is -3.68. The zero-order chi connectivity index (χ0) is 20.3. The van der Waals surface area contributed by atoms with Gasteiger partial charge in [0.1, 0.15) is 11.8 Å². The zero-order valence-corrected chi connectivity index (χ0v) is 15.3. The molecule has 1 heterocycles. The van der Waals surface area contributed by atoms with E-state index in [1.807, 2.05) is 0 Å². The second-order valence-electron chi connectivity index (χ2n) is 6.09. The number of rotatable bonds is 6. The largest absolute Gasteiger partial charge is 0.497 e. The molecule has 0 saturated carbocycles. The molecule has 3 amide bonds.